The van der Waals surface area contributed by atoms with Crippen LogP contribution in [0.1, 0.15) is 11.4 Å². The summed E-state index contributed by atoms with van der Waals surface area (Å²) in [5.41, 5.74) is 2.55. The van der Waals surface area contributed by atoms with Crippen LogP contribution in [0.5, 0.6) is 0 Å². The Morgan fingerprint density at radius 1 is 1.46 bits per heavy atom. The third-order valence-electron chi connectivity index (χ3n) is 1.57. The van der Waals surface area contributed by atoms with Crippen LogP contribution in [0.2, 0.25) is 0 Å². The monoisotopic (exact) mass is 172 g/mol. The van der Waals surface area contributed by atoms with Crippen LogP contribution in [0, 0.1) is 6.92 Å². The fourth-order valence-electron chi connectivity index (χ4n) is 1.01. The molecule has 0 fully saturated rings. The van der Waals surface area contributed by atoms with Gasteiger partial charge in [-0.2, -0.15) is 0 Å². The molecule has 1 aromatic rings. The molecule has 0 saturated carbocycles. The largest absolute Gasteiger partial charge is 0.255 e. The van der Waals surface area contributed by atoms with E-state index in [4.69, 9.17) is 0 Å². The molecule has 0 aromatic carbocycles. The van der Waals surface area contributed by atoms with E-state index >= 15 is 0 Å². The third-order valence-corrected chi connectivity index (χ3v) is 1.57. The lowest BCUT2D eigenvalue weighted by atomic mass is 10.2. The fraction of sp³-hybridized carbons (Fsp3) is 0.0909. The average Bonchev–Trinajstić information content (AvgIpc) is 2.14. The van der Waals surface area contributed by atoms with Gasteiger partial charge in [-0.25, -0.2) is 0 Å². The number of aromatic nitrogens is 1. The summed E-state index contributed by atoms with van der Waals surface area (Å²) in [6.45, 7) is 9.14. The van der Waals surface area contributed by atoms with Crippen LogP contribution < -0.4 is 0 Å². The molecule has 66 valence electrons. The lowest BCUT2D eigenvalue weighted by Gasteiger charge is -1.99. The molecule has 0 bridgehead atoms. The van der Waals surface area contributed by atoms with Crippen LogP contribution in [0.4, 0.5) is 0 Å². The molecule has 0 amide bonds. The predicted octanol–water partition coefficient (Wildman–Crippen LogP) is 2.51. The van der Waals surface area contributed by atoms with Gasteiger partial charge >= 0.3 is 0 Å². The van der Waals surface area contributed by atoms with Crippen molar-refractivity contribution in [3.05, 3.63) is 55.0 Å². The number of hydrogen-bond donors (Lipinski definition) is 0. The second-order valence-electron chi connectivity index (χ2n) is 2.57. The van der Waals surface area contributed by atoms with Gasteiger partial charge in [0.15, 0.2) is 0 Å². The number of rotatable bonds is 3. The van der Waals surface area contributed by atoms with Crippen molar-refractivity contribution >= 4 is 5.71 Å². The molecule has 2 heteroatoms. The molecule has 0 saturated heterocycles. The Kier molecular flexibility index (Phi) is 3.15. The lowest BCUT2D eigenvalue weighted by molar-refractivity contribution is 1.18. The van der Waals surface area contributed by atoms with Crippen molar-refractivity contribution in [2.45, 2.75) is 6.92 Å². The molecule has 0 aliphatic heterocycles. The number of aliphatic imine (C=N–C) groups is 1. The summed E-state index contributed by atoms with van der Waals surface area (Å²) in [4.78, 5) is 8.37. The van der Waals surface area contributed by atoms with E-state index in [1.165, 1.54) is 6.20 Å². The zero-order chi connectivity index (χ0) is 9.68. The van der Waals surface area contributed by atoms with Crippen molar-refractivity contribution in [2.75, 3.05) is 0 Å². The fourth-order valence-corrected chi connectivity index (χ4v) is 1.01. The Labute approximate surface area is 78.4 Å². The first-order valence-electron chi connectivity index (χ1n) is 4.03. The highest BCUT2D eigenvalue weighted by atomic mass is 14.8. The molecule has 0 atom stereocenters. The normalized spacial score (nSPS) is 11.0. The molecular formula is C11H12N2. The van der Waals surface area contributed by atoms with Crippen LogP contribution in [0.15, 0.2) is 48.6 Å². The summed E-state index contributed by atoms with van der Waals surface area (Å²) < 4.78 is 0. The molecule has 0 unspecified atom stereocenters. The zero-order valence-electron chi connectivity index (χ0n) is 7.70. The molecular weight excluding hydrogens is 160 g/mol. The molecule has 0 aliphatic carbocycles. The molecule has 0 aliphatic rings. The number of aryl methyl sites for hydroxylation is 1. The molecule has 0 spiro atoms. The maximum atomic E-state index is 4.31. The van der Waals surface area contributed by atoms with Gasteiger partial charge in [0.05, 0.1) is 11.4 Å². The minimum atomic E-state index is 0.749. The van der Waals surface area contributed by atoms with E-state index in [2.05, 4.69) is 23.1 Å². The summed E-state index contributed by atoms with van der Waals surface area (Å²) in [6, 6.07) is 5.79. The maximum Gasteiger partial charge on any atom is 0.0889 e. The van der Waals surface area contributed by atoms with E-state index < -0.39 is 0 Å². The molecule has 0 radical (unpaired) electrons. The quantitative estimate of drug-likeness (QED) is 0.643. The van der Waals surface area contributed by atoms with Gasteiger partial charge in [-0.1, -0.05) is 19.2 Å². The topological polar surface area (TPSA) is 25.2 Å². The maximum absolute atomic E-state index is 4.31. The molecule has 1 heterocycles. The van der Waals surface area contributed by atoms with Gasteiger partial charge in [0.2, 0.25) is 0 Å². The summed E-state index contributed by atoms with van der Waals surface area (Å²) in [5.74, 6) is 0. The van der Waals surface area contributed by atoms with Crippen molar-refractivity contribution in [3.63, 3.8) is 0 Å². The smallest absolute Gasteiger partial charge is 0.0889 e. The van der Waals surface area contributed by atoms with E-state index in [1.54, 1.807) is 6.08 Å². The van der Waals surface area contributed by atoms with Crippen LogP contribution in [0.3, 0.4) is 0 Å². The standard InChI is InChI=1S/C11H12N2/c1-4-10(12-5-2)11-8-6-7-9(3)13-11/h4-8H,1-2H2,3H3. The second kappa shape index (κ2) is 4.36. The highest BCUT2D eigenvalue weighted by molar-refractivity contribution is 6.07. The first-order chi connectivity index (χ1) is 6.27. The van der Waals surface area contributed by atoms with Gasteiger partial charge in [0, 0.05) is 11.9 Å². The Hall–Kier alpha value is -1.70. The Morgan fingerprint density at radius 3 is 2.77 bits per heavy atom. The predicted molar refractivity (Wildman–Crippen MR) is 55.9 cm³/mol. The number of pyridine rings is 1. The molecule has 1 aromatic heterocycles. The van der Waals surface area contributed by atoms with Gasteiger partial charge in [-0.3, -0.25) is 9.98 Å². The second-order valence-corrected chi connectivity index (χ2v) is 2.57. The summed E-state index contributed by atoms with van der Waals surface area (Å²) >= 11 is 0. The van der Waals surface area contributed by atoms with Crippen LogP contribution in [-0.2, 0) is 0 Å². The minimum absolute atomic E-state index is 0.749. The van der Waals surface area contributed by atoms with Crippen LogP contribution in [0.25, 0.3) is 0 Å². The van der Waals surface area contributed by atoms with Crippen molar-refractivity contribution in [3.8, 4) is 0 Å². The number of allylic oxidation sites excluding steroid dienone is 1. The Bertz CT molecular complexity index is 351. The molecule has 1 rings (SSSR count). The summed E-state index contributed by atoms with van der Waals surface area (Å²) in [5, 5.41) is 0. The lowest BCUT2D eigenvalue weighted by Crippen LogP contribution is -1.99. The zero-order valence-corrected chi connectivity index (χ0v) is 7.70. The van der Waals surface area contributed by atoms with Crippen molar-refractivity contribution in [2.24, 2.45) is 4.99 Å². The Balaban J connectivity index is 3.12. The van der Waals surface area contributed by atoms with Gasteiger partial charge in [0.1, 0.15) is 0 Å². The van der Waals surface area contributed by atoms with E-state index in [1.807, 2.05) is 25.1 Å². The summed E-state index contributed by atoms with van der Waals surface area (Å²) in [6.07, 6.45) is 3.16. The van der Waals surface area contributed by atoms with Crippen LogP contribution in [-0.4, -0.2) is 10.7 Å². The van der Waals surface area contributed by atoms with Crippen molar-refractivity contribution in [1.29, 1.82) is 0 Å². The van der Waals surface area contributed by atoms with Crippen molar-refractivity contribution < 1.29 is 0 Å². The van der Waals surface area contributed by atoms with Gasteiger partial charge < -0.3 is 0 Å². The van der Waals surface area contributed by atoms with Crippen LogP contribution >= 0.6 is 0 Å². The average molecular weight is 172 g/mol. The molecule has 13 heavy (non-hydrogen) atoms. The minimum Gasteiger partial charge on any atom is -0.255 e. The molecule has 2 nitrogen and oxygen atoms in total. The van der Waals surface area contributed by atoms with E-state index in [-0.39, 0.29) is 0 Å². The molecule has 0 N–H and O–H groups in total. The van der Waals surface area contributed by atoms with Gasteiger partial charge in [-0.05, 0) is 25.1 Å². The number of hydrogen-bond acceptors (Lipinski definition) is 2. The van der Waals surface area contributed by atoms with Gasteiger partial charge in [0.25, 0.3) is 0 Å². The van der Waals surface area contributed by atoms with Gasteiger partial charge in [-0.15, -0.1) is 0 Å². The van der Waals surface area contributed by atoms with E-state index in [0.717, 1.165) is 17.1 Å². The number of nitrogens with zero attached hydrogens (tertiary/aromatic N) is 2. The first-order valence-corrected chi connectivity index (χ1v) is 4.03. The van der Waals surface area contributed by atoms with Crippen molar-refractivity contribution in [1.82, 2.24) is 4.98 Å². The first kappa shape index (κ1) is 9.39. The highest BCUT2D eigenvalue weighted by Gasteiger charge is 1.98. The SMILES string of the molecule is C=CN=C(C=C)c1cccc(C)n1. The Morgan fingerprint density at radius 2 is 2.23 bits per heavy atom. The summed E-state index contributed by atoms with van der Waals surface area (Å²) in [7, 11) is 0. The third kappa shape index (κ3) is 2.37. The highest BCUT2D eigenvalue weighted by Crippen LogP contribution is 2.01. The van der Waals surface area contributed by atoms with E-state index in [0.29, 0.717) is 0 Å². The van der Waals surface area contributed by atoms with E-state index in [9.17, 15) is 0 Å².